The normalized spacial score (nSPS) is 18.5. The predicted molar refractivity (Wildman–Crippen MR) is 88.8 cm³/mol. The fraction of sp³-hybridized carbons (Fsp3) is 0.688. The van der Waals surface area contributed by atoms with Gasteiger partial charge in [-0.2, -0.15) is 8.42 Å². The van der Waals surface area contributed by atoms with Gasteiger partial charge in [-0.1, -0.05) is 0 Å². The Balaban J connectivity index is 2.02. The van der Waals surface area contributed by atoms with Gasteiger partial charge in [0, 0.05) is 35.4 Å². The Morgan fingerprint density at radius 1 is 1.33 bits per heavy atom. The number of ether oxygens (including phenoxy) is 3. The van der Waals surface area contributed by atoms with Gasteiger partial charge in [-0.3, -0.25) is 9.54 Å². The molecule has 1 fully saturated rings. The number of nitrogens with zero attached hydrogens (tertiary/aromatic N) is 1. The number of pyridine rings is 1. The highest BCUT2D eigenvalue weighted by molar-refractivity contribution is 7.85. The van der Waals surface area contributed by atoms with E-state index >= 15 is 0 Å². The second kappa shape index (κ2) is 7.35. The summed E-state index contributed by atoms with van der Waals surface area (Å²) in [5.74, 6) is -0.0866. The molecule has 0 bridgehead atoms. The summed E-state index contributed by atoms with van der Waals surface area (Å²) < 4.78 is 47.9. The summed E-state index contributed by atoms with van der Waals surface area (Å²) in [5, 5.41) is 0. The maximum Gasteiger partial charge on any atom is 0.265 e. The van der Waals surface area contributed by atoms with Crippen molar-refractivity contribution in [3.05, 3.63) is 23.0 Å². The van der Waals surface area contributed by atoms with Gasteiger partial charge in [-0.25, -0.2) is 0 Å². The van der Waals surface area contributed by atoms with Crippen molar-refractivity contribution < 1.29 is 27.2 Å². The predicted octanol–water partition coefficient (Wildman–Crippen LogP) is 1.91. The van der Waals surface area contributed by atoms with Crippen molar-refractivity contribution in [3.8, 4) is 5.75 Å². The van der Waals surface area contributed by atoms with Crippen LogP contribution in [0.1, 0.15) is 30.7 Å². The SMILES string of the molecule is Cc1cnc(CCS(=O)(=O)O)c(C)c1OCC1COC(C)(C)OC1. The standard InChI is InChI=1S/C16H25NO6S/c1-11-7-17-14(5-6-24(18,19)20)12(2)15(11)21-8-13-9-22-16(3,4)23-10-13/h7,13H,5-6,8-10H2,1-4H3,(H,18,19,20). The zero-order chi connectivity index (χ0) is 18.0. The molecule has 0 unspecified atom stereocenters. The largest absolute Gasteiger partial charge is 0.492 e. The molecule has 1 aliphatic heterocycles. The van der Waals surface area contributed by atoms with Gasteiger partial charge < -0.3 is 14.2 Å². The first-order valence-corrected chi connectivity index (χ1v) is 9.49. The van der Waals surface area contributed by atoms with Crippen LogP contribution in [0.15, 0.2) is 6.20 Å². The number of aromatic nitrogens is 1. The minimum atomic E-state index is -4.02. The number of rotatable bonds is 6. The summed E-state index contributed by atoms with van der Waals surface area (Å²) in [6, 6.07) is 0. The van der Waals surface area contributed by atoms with E-state index in [0.29, 0.717) is 31.3 Å². The summed E-state index contributed by atoms with van der Waals surface area (Å²) in [7, 11) is -4.02. The van der Waals surface area contributed by atoms with Gasteiger partial charge in [0.2, 0.25) is 0 Å². The summed E-state index contributed by atoms with van der Waals surface area (Å²) in [5.41, 5.74) is 2.27. The Labute approximate surface area is 143 Å². The van der Waals surface area contributed by atoms with Crippen LogP contribution in [-0.2, 0) is 26.0 Å². The second-order valence-electron chi connectivity index (χ2n) is 6.58. The fourth-order valence-corrected chi connectivity index (χ4v) is 2.93. The van der Waals surface area contributed by atoms with Crippen LogP contribution in [0.5, 0.6) is 5.75 Å². The molecule has 24 heavy (non-hydrogen) atoms. The maximum absolute atomic E-state index is 10.9. The molecule has 1 aromatic rings. The van der Waals surface area contributed by atoms with E-state index in [9.17, 15) is 8.42 Å². The molecule has 0 atom stereocenters. The molecule has 1 saturated heterocycles. The third kappa shape index (κ3) is 5.41. The van der Waals surface area contributed by atoms with Crippen molar-refractivity contribution in [3.63, 3.8) is 0 Å². The number of aryl methyl sites for hydroxylation is 2. The Bertz CT molecular complexity index is 676. The van der Waals surface area contributed by atoms with Gasteiger partial charge >= 0.3 is 0 Å². The molecule has 0 aliphatic carbocycles. The smallest absolute Gasteiger partial charge is 0.265 e. The Morgan fingerprint density at radius 2 is 1.96 bits per heavy atom. The molecule has 1 aliphatic rings. The second-order valence-corrected chi connectivity index (χ2v) is 8.15. The number of hydrogen-bond donors (Lipinski definition) is 1. The van der Waals surface area contributed by atoms with Crippen LogP contribution in [0.4, 0.5) is 0 Å². The van der Waals surface area contributed by atoms with Crippen molar-refractivity contribution in [1.29, 1.82) is 0 Å². The molecular formula is C16H25NO6S. The molecule has 0 radical (unpaired) electrons. The Hall–Kier alpha value is -1.22. The first-order chi connectivity index (χ1) is 11.1. The van der Waals surface area contributed by atoms with Crippen LogP contribution in [-0.4, -0.2) is 49.3 Å². The van der Waals surface area contributed by atoms with Gasteiger partial charge in [0.1, 0.15) is 5.75 Å². The van der Waals surface area contributed by atoms with Gasteiger partial charge in [0.05, 0.1) is 25.6 Å². The molecule has 7 nitrogen and oxygen atoms in total. The average molecular weight is 359 g/mol. The molecule has 2 rings (SSSR count). The zero-order valence-electron chi connectivity index (χ0n) is 14.5. The minimum absolute atomic E-state index is 0.131. The monoisotopic (exact) mass is 359 g/mol. The van der Waals surface area contributed by atoms with Crippen LogP contribution < -0.4 is 4.74 Å². The number of hydrogen-bond acceptors (Lipinski definition) is 6. The molecule has 2 heterocycles. The van der Waals surface area contributed by atoms with Crippen molar-refractivity contribution in [2.45, 2.75) is 39.9 Å². The van der Waals surface area contributed by atoms with E-state index in [0.717, 1.165) is 11.1 Å². The highest BCUT2D eigenvalue weighted by Crippen LogP contribution is 2.27. The van der Waals surface area contributed by atoms with Gasteiger partial charge in [-0.15, -0.1) is 0 Å². The molecule has 0 spiro atoms. The lowest BCUT2D eigenvalue weighted by atomic mass is 10.1. The van der Waals surface area contributed by atoms with Crippen LogP contribution >= 0.6 is 0 Å². The fourth-order valence-electron chi connectivity index (χ4n) is 2.48. The van der Waals surface area contributed by atoms with Crippen molar-refractivity contribution in [1.82, 2.24) is 4.98 Å². The van der Waals surface area contributed by atoms with Crippen LogP contribution in [0.3, 0.4) is 0 Å². The quantitative estimate of drug-likeness (QED) is 0.775. The van der Waals surface area contributed by atoms with Crippen molar-refractivity contribution in [2.24, 2.45) is 5.92 Å². The van der Waals surface area contributed by atoms with Crippen LogP contribution in [0.2, 0.25) is 0 Å². The molecule has 8 heteroatoms. The molecule has 1 N–H and O–H groups in total. The maximum atomic E-state index is 10.9. The van der Waals surface area contributed by atoms with E-state index in [4.69, 9.17) is 18.8 Å². The lowest BCUT2D eigenvalue weighted by Gasteiger charge is -2.34. The van der Waals surface area contributed by atoms with E-state index in [1.54, 1.807) is 6.20 Å². The van der Waals surface area contributed by atoms with E-state index in [-0.39, 0.29) is 18.1 Å². The van der Waals surface area contributed by atoms with Crippen molar-refractivity contribution >= 4 is 10.1 Å². The third-order valence-corrected chi connectivity index (χ3v) is 4.66. The van der Waals surface area contributed by atoms with Crippen LogP contribution in [0, 0.1) is 19.8 Å². The topological polar surface area (TPSA) is 95.0 Å². The van der Waals surface area contributed by atoms with E-state index in [2.05, 4.69) is 4.98 Å². The average Bonchev–Trinajstić information content (AvgIpc) is 2.46. The lowest BCUT2D eigenvalue weighted by Crippen LogP contribution is -2.41. The van der Waals surface area contributed by atoms with Crippen molar-refractivity contribution in [2.75, 3.05) is 25.6 Å². The van der Waals surface area contributed by atoms with E-state index < -0.39 is 15.9 Å². The first-order valence-electron chi connectivity index (χ1n) is 7.88. The lowest BCUT2D eigenvalue weighted by molar-refractivity contribution is -0.264. The van der Waals surface area contributed by atoms with Crippen LogP contribution in [0.25, 0.3) is 0 Å². The highest BCUT2D eigenvalue weighted by atomic mass is 32.2. The molecule has 136 valence electrons. The molecule has 0 saturated carbocycles. The summed E-state index contributed by atoms with van der Waals surface area (Å²) in [6.07, 6.45) is 1.80. The molecule has 0 aromatic carbocycles. The summed E-state index contributed by atoms with van der Waals surface area (Å²) in [4.78, 5) is 4.25. The highest BCUT2D eigenvalue weighted by Gasteiger charge is 2.28. The summed E-state index contributed by atoms with van der Waals surface area (Å²) >= 11 is 0. The Morgan fingerprint density at radius 3 is 2.54 bits per heavy atom. The van der Waals surface area contributed by atoms with Gasteiger partial charge in [-0.05, 0) is 27.7 Å². The zero-order valence-corrected chi connectivity index (χ0v) is 15.4. The molecular weight excluding hydrogens is 334 g/mol. The summed E-state index contributed by atoms with van der Waals surface area (Å²) in [6.45, 7) is 9.05. The Kier molecular flexibility index (Phi) is 5.85. The third-order valence-electron chi connectivity index (χ3n) is 3.94. The van der Waals surface area contributed by atoms with E-state index in [1.807, 2.05) is 27.7 Å². The van der Waals surface area contributed by atoms with E-state index in [1.165, 1.54) is 0 Å². The molecule has 1 aromatic heterocycles. The minimum Gasteiger partial charge on any atom is -0.492 e. The first kappa shape index (κ1) is 19.1. The molecule has 0 amide bonds. The van der Waals surface area contributed by atoms with Gasteiger partial charge in [0.15, 0.2) is 5.79 Å². The van der Waals surface area contributed by atoms with Gasteiger partial charge in [0.25, 0.3) is 10.1 Å².